The highest BCUT2D eigenvalue weighted by Crippen LogP contribution is 2.30. The molecule has 1 amide bonds. The van der Waals surface area contributed by atoms with E-state index in [2.05, 4.69) is 4.72 Å². The zero-order valence-corrected chi connectivity index (χ0v) is 13.4. The molecule has 0 radical (unpaired) electrons. The molecular weight excluding hydrogens is 330 g/mol. The van der Waals surface area contributed by atoms with Crippen LogP contribution in [-0.2, 0) is 26.0 Å². The maximum atomic E-state index is 12.1. The quantitative estimate of drug-likeness (QED) is 0.750. The van der Waals surface area contributed by atoms with Crippen LogP contribution in [0.4, 0.5) is 14.5 Å². The van der Waals surface area contributed by atoms with E-state index in [1.165, 1.54) is 18.0 Å². The first-order valence-electron chi connectivity index (χ1n) is 7.08. The van der Waals surface area contributed by atoms with Gasteiger partial charge in [-0.2, -0.15) is 0 Å². The first kappa shape index (κ1) is 17.8. The second-order valence-electron chi connectivity index (χ2n) is 5.01. The predicted molar refractivity (Wildman–Crippen MR) is 80.2 cm³/mol. The number of benzene rings is 1. The lowest BCUT2D eigenvalue weighted by atomic mass is 10.2. The van der Waals surface area contributed by atoms with Gasteiger partial charge < -0.3 is 9.64 Å². The number of carbonyl (C=O) groups is 1. The van der Waals surface area contributed by atoms with Crippen molar-refractivity contribution in [3.05, 3.63) is 23.8 Å². The van der Waals surface area contributed by atoms with Gasteiger partial charge in [0.15, 0.2) is 0 Å². The fourth-order valence-electron chi connectivity index (χ4n) is 2.39. The number of nitrogens with zero attached hydrogens (tertiary/aromatic N) is 1. The van der Waals surface area contributed by atoms with Crippen LogP contribution in [0.5, 0.6) is 0 Å². The lowest BCUT2D eigenvalue weighted by Gasteiger charge is -2.17. The van der Waals surface area contributed by atoms with Gasteiger partial charge in [-0.1, -0.05) is 0 Å². The van der Waals surface area contributed by atoms with Crippen molar-refractivity contribution in [1.82, 2.24) is 4.72 Å². The van der Waals surface area contributed by atoms with Gasteiger partial charge >= 0.3 is 0 Å². The Kier molecular flexibility index (Phi) is 5.66. The van der Waals surface area contributed by atoms with Crippen LogP contribution in [0.3, 0.4) is 0 Å². The lowest BCUT2D eigenvalue weighted by Crippen LogP contribution is -2.29. The lowest BCUT2D eigenvalue weighted by molar-refractivity contribution is -0.120. The van der Waals surface area contributed by atoms with Gasteiger partial charge in [-0.15, -0.1) is 0 Å². The maximum absolute atomic E-state index is 12.1. The summed E-state index contributed by atoms with van der Waals surface area (Å²) < 4.78 is 54.4. The third-order valence-corrected chi connectivity index (χ3v) is 4.94. The van der Waals surface area contributed by atoms with Crippen LogP contribution >= 0.6 is 0 Å². The van der Waals surface area contributed by atoms with Gasteiger partial charge in [0.25, 0.3) is 6.43 Å². The van der Waals surface area contributed by atoms with Gasteiger partial charge in [0, 0.05) is 12.2 Å². The van der Waals surface area contributed by atoms with Crippen molar-refractivity contribution in [3.8, 4) is 0 Å². The molecule has 23 heavy (non-hydrogen) atoms. The summed E-state index contributed by atoms with van der Waals surface area (Å²) in [5.74, 6) is -0.234. The average molecular weight is 348 g/mol. The van der Waals surface area contributed by atoms with Gasteiger partial charge in [0.2, 0.25) is 15.9 Å². The van der Waals surface area contributed by atoms with Crippen molar-refractivity contribution < 1.29 is 26.7 Å². The number of hydrogen-bond acceptors (Lipinski definition) is 4. The van der Waals surface area contributed by atoms with Crippen molar-refractivity contribution in [1.29, 1.82) is 0 Å². The van der Waals surface area contributed by atoms with Crippen LogP contribution < -0.4 is 9.62 Å². The highest BCUT2D eigenvalue weighted by molar-refractivity contribution is 7.89. The van der Waals surface area contributed by atoms with Crippen molar-refractivity contribution in [3.63, 3.8) is 0 Å². The fraction of sp³-hybridized carbons (Fsp3) is 0.500. The van der Waals surface area contributed by atoms with E-state index in [0.717, 1.165) is 5.56 Å². The van der Waals surface area contributed by atoms with Gasteiger partial charge in [-0.05, 0) is 37.2 Å². The molecule has 0 saturated heterocycles. The fourth-order valence-corrected chi connectivity index (χ4v) is 3.17. The number of amides is 1. The minimum Gasteiger partial charge on any atom is -0.375 e. The molecule has 0 unspecified atom stereocenters. The molecule has 2 rings (SSSR count). The minimum absolute atomic E-state index is 0.00270. The summed E-state index contributed by atoms with van der Waals surface area (Å²) in [6.45, 7) is -0.317. The molecule has 9 heteroatoms. The second-order valence-corrected chi connectivity index (χ2v) is 6.90. The summed E-state index contributed by atoms with van der Waals surface area (Å²) in [5, 5.41) is 0. The molecule has 128 valence electrons. The molecular formula is C14H18F2N2O4S. The number of carbonyl (C=O) groups excluding carboxylic acids is 1. The molecule has 1 aromatic rings. The van der Waals surface area contributed by atoms with Gasteiger partial charge in [-0.25, -0.2) is 21.9 Å². The van der Waals surface area contributed by atoms with Crippen LogP contribution in [-0.4, -0.2) is 47.6 Å². The van der Waals surface area contributed by atoms with Crippen LogP contribution in [0.15, 0.2) is 23.1 Å². The number of ether oxygens (including phenoxy) is 1. The van der Waals surface area contributed by atoms with E-state index in [4.69, 9.17) is 4.74 Å². The molecule has 0 aliphatic carbocycles. The van der Waals surface area contributed by atoms with E-state index in [0.29, 0.717) is 18.7 Å². The van der Waals surface area contributed by atoms with E-state index in [1.807, 2.05) is 0 Å². The number of nitrogens with one attached hydrogen (secondary N) is 1. The van der Waals surface area contributed by atoms with Gasteiger partial charge in [-0.3, -0.25) is 4.79 Å². The van der Waals surface area contributed by atoms with Crippen molar-refractivity contribution in [2.45, 2.75) is 24.2 Å². The van der Waals surface area contributed by atoms with Crippen LogP contribution in [0.1, 0.15) is 12.0 Å². The Morgan fingerprint density at radius 1 is 1.43 bits per heavy atom. The normalized spacial score (nSPS) is 14.3. The smallest absolute Gasteiger partial charge is 0.261 e. The molecule has 1 aliphatic heterocycles. The van der Waals surface area contributed by atoms with Crippen LogP contribution in [0.2, 0.25) is 0 Å². The molecule has 6 nitrogen and oxygen atoms in total. The highest BCUT2D eigenvalue weighted by Gasteiger charge is 2.26. The van der Waals surface area contributed by atoms with Gasteiger partial charge in [0.1, 0.15) is 6.61 Å². The van der Waals surface area contributed by atoms with E-state index < -0.39 is 23.1 Å². The molecule has 1 aliphatic rings. The Hall–Kier alpha value is -1.58. The number of halogens is 2. The van der Waals surface area contributed by atoms with E-state index >= 15 is 0 Å². The number of sulfonamides is 1. The van der Waals surface area contributed by atoms with E-state index in [1.54, 1.807) is 12.1 Å². The summed E-state index contributed by atoms with van der Waals surface area (Å²) in [4.78, 5) is 13.8. The molecule has 0 saturated carbocycles. The summed E-state index contributed by atoms with van der Waals surface area (Å²) in [5.41, 5.74) is 1.42. The molecule has 0 bridgehead atoms. The van der Waals surface area contributed by atoms with E-state index in [9.17, 15) is 22.0 Å². The number of hydrogen-bond donors (Lipinski definition) is 1. The van der Waals surface area contributed by atoms with E-state index in [-0.39, 0.29) is 23.8 Å². The highest BCUT2D eigenvalue weighted by atomic mass is 32.2. The van der Waals surface area contributed by atoms with Crippen molar-refractivity contribution in [2.75, 3.05) is 31.7 Å². The minimum atomic E-state index is -3.53. The Labute approximate surface area is 133 Å². The number of rotatable bonds is 7. The topological polar surface area (TPSA) is 75.7 Å². The average Bonchev–Trinajstić information content (AvgIpc) is 2.94. The summed E-state index contributed by atoms with van der Waals surface area (Å²) >= 11 is 0. The second kappa shape index (κ2) is 7.33. The zero-order valence-electron chi connectivity index (χ0n) is 12.6. The standard InChI is InChI=1S/C14H18F2N2O4S/c1-17-23(20,21)11-2-3-12-10(8-11)4-6-18(12)14(19)5-7-22-9-13(15)16/h2-3,8,13,17H,4-7,9H2,1H3. The van der Waals surface area contributed by atoms with Gasteiger partial charge in [0.05, 0.1) is 17.9 Å². The third kappa shape index (κ3) is 4.24. The van der Waals surface area contributed by atoms with Crippen LogP contribution in [0.25, 0.3) is 0 Å². The number of fused-ring (bicyclic) bond motifs is 1. The molecule has 1 N–H and O–H groups in total. The molecule has 0 fully saturated rings. The number of anilines is 1. The molecule has 0 spiro atoms. The molecule has 0 aromatic heterocycles. The summed E-state index contributed by atoms with van der Waals surface area (Å²) in [6.07, 6.45) is -2.00. The largest absolute Gasteiger partial charge is 0.375 e. The summed E-state index contributed by atoms with van der Waals surface area (Å²) in [7, 11) is -2.20. The first-order valence-corrected chi connectivity index (χ1v) is 8.56. The Balaban J connectivity index is 2.03. The SMILES string of the molecule is CNS(=O)(=O)c1ccc2c(c1)CCN2C(=O)CCOCC(F)F. The Morgan fingerprint density at radius 3 is 2.83 bits per heavy atom. The van der Waals surface area contributed by atoms with Crippen LogP contribution in [0, 0.1) is 0 Å². The molecule has 1 heterocycles. The Bertz CT molecular complexity index is 679. The monoisotopic (exact) mass is 348 g/mol. The zero-order chi connectivity index (χ0) is 17.0. The van der Waals surface area contributed by atoms with Crippen molar-refractivity contribution in [2.24, 2.45) is 0 Å². The summed E-state index contributed by atoms with van der Waals surface area (Å²) in [6, 6.07) is 4.57. The molecule has 0 atom stereocenters. The number of alkyl halides is 2. The van der Waals surface area contributed by atoms with Crippen molar-refractivity contribution >= 4 is 21.6 Å². The molecule has 1 aromatic carbocycles. The first-order chi connectivity index (χ1) is 10.8. The predicted octanol–water partition coefficient (Wildman–Crippen LogP) is 1.16. The maximum Gasteiger partial charge on any atom is 0.261 e. The third-order valence-electron chi connectivity index (χ3n) is 3.53. The Morgan fingerprint density at radius 2 is 2.17 bits per heavy atom.